The second-order valence-corrected chi connectivity index (χ2v) is 6.05. The van der Waals surface area contributed by atoms with E-state index in [2.05, 4.69) is 0 Å². The number of hydrogen-bond donors (Lipinski definition) is 3. The van der Waals surface area contributed by atoms with Gasteiger partial charge in [0.05, 0.1) is 21.8 Å². The zero-order valence-electron chi connectivity index (χ0n) is 10.2. The van der Waals surface area contributed by atoms with Crippen molar-refractivity contribution in [3.8, 4) is 0 Å². The van der Waals surface area contributed by atoms with Crippen molar-refractivity contribution in [3.63, 3.8) is 0 Å². The molecule has 1 rings (SSSR count). The number of halogens is 2. The minimum absolute atomic E-state index is 0.222. The Kier molecular flexibility index (Phi) is 4.31. The van der Waals surface area contributed by atoms with Crippen LogP contribution in [-0.2, 0) is 0 Å². The summed E-state index contributed by atoms with van der Waals surface area (Å²) in [5.41, 5.74) is 12.3. The van der Waals surface area contributed by atoms with Crippen molar-refractivity contribution in [1.82, 2.24) is 0 Å². The fourth-order valence-electron chi connectivity index (χ4n) is 1.46. The molecule has 0 saturated heterocycles. The normalized spacial score (nSPS) is 15.7. The minimum Gasteiger partial charge on any atom is -0.396 e. The quantitative estimate of drug-likeness (QED) is 0.728. The van der Waals surface area contributed by atoms with Gasteiger partial charge in [-0.15, -0.1) is 0 Å². The van der Waals surface area contributed by atoms with Crippen molar-refractivity contribution in [3.05, 3.63) is 27.7 Å². The van der Waals surface area contributed by atoms with Gasteiger partial charge in [-0.1, -0.05) is 44.0 Å². The van der Waals surface area contributed by atoms with Gasteiger partial charge in [0.2, 0.25) is 0 Å². The largest absolute Gasteiger partial charge is 0.396 e. The van der Waals surface area contributed by atoms with Crippen LogP contribution >= 0.6 is 23.2 Å². The summed E-state index contributed by atoms with van der Waals surface area (Å²) in [5, 5.41) is 10.8. The predicted molar refractivity (Wildman–Crippen MR) is 73.3 cm³/mol. The van der Waals surface area contributed by atoms with Gasteiger partial charge in [-0.05, 0) is 23.1 Å². The lowest BCUT2D eigenvalue weighted by Crippen LogP contribution is -2.40. The molecule has 0 aliphatic rings. The summed E-state index contributed by atoms with van der Waals surface area (Å²) in [7, 11) is 0. The van der Waals surface area contributed by atoms with Gasteiger partial charge in [-0.25, -0.2) is 0 Å². The number of aliphatic hydroxyl groups is 1. The Labute approximate surface area is 112 Å². The van der Waals surface area contributed by atoms with Gasteiger partial charge >= 0.3 is 0 Å². The maximum absolute atomic E-state index is 10.2. The molecule has 0 fully saturated rings. The molecule has 3 nitrogen and oxygen atoms in total. The van der Waals surface area contributed by atoms with Gasteiger partial charge in [-0.3, -0.25) is 0 Å². The Bertz CT molecular complexity index is 392. The number of rotatable bonds is 2. The second kappa shape index (κ2) is 5.02. The molecular formula is C12H18Cl2N2O. The standard InChI is InChI=1S/C12H18Cl2N2O/c1-12(2,3)11(16)10(17)6-4-7(13)9(15)8(14)5-6/h4-5,10-11,17H,15-16H2,1-3H3. The maximum atomic E-state index is 10.2. The van der Waals surface area contributed by atoms with Crippen LogP contribution in [0.2, 0.25) is 10.0 Å². The van der Waals surface area contributed by atoms with E-state index in [1.807, 2.05) is 20.8 Å². The van der Waals surface area contributed by atoms with Gasteiger partial charge in [-0.2, -0.15) is 0 Å². The fourth-order valence-corrected chi connectivity index (χ4v) is 1.96. The van der Waals surface area contributed by atoms with E-state index in [0.717, 1.165) is 0 Å². The molecule has 5 N–H and O–H groups in total. The first-order valence-electron chi connectivity index (χ1n) is 5.32. The maximum Gasteiger partial charge on any atom is 0.0947 e. The van der Waals surface area contributed by atoms with E-state index in [0.29, 0.717) is 21.3 Å². The van der Waals surface area contributed by atoms with Crippen LogP contribution in [0.1, 0.15) is 32.4 Å². The number of benzene rings is 1. The summed E-state index contributed by atoms with van der Waals surface area (Å²) in [4.78, 5) is 0. The zero-order valence-corrected chi connectivity index (χ0v) is 11.7. The van der Waals surface area contributed by atoms with Crippen LogP contribution in [0.4, 0.5) is 5.69 Å². The van der Waals surface area contributed by atoms with Crippen molar-refractivity contribution in [2.45, 2.75) is 32.9 Å². The Morgan fingerprint density at radius 2 is 1.59 bits per heavy atom. The first-order valence-corrected chi connectivity index (χ1v) is 6.08. The van der Waals surface area contributed by atoms with Crippen LogP contribution < -0.4 is 11.5 Å². The summed E-state index contributed by atoms with van der Waals surface area (Å²) in [6.07, 6.45) is -0.828. The van der Waals surface area contributed by atoms with Crippen molar-refractivity contribution < 1.29 is 5.11 Å². The lowest BCUT2D eigenvalue weighted by atomic mass is 9.82. The van der Waals surface area contributed by atoms with Crippen LogP contribution in [0.5, 0.6) is 0 Å². The molecule has 0 heterocycles. The Morgan fingerprint density at radius 3 is 1.94 bits per heavy atom. The van der Waals surface area contributed by atoms with Crippen molar-refractivity contribution in [2.24, 2.45) is 11.1 Å². The SMILES string of the molecule is CC(C)(C)C(N)C(O)c1cc(Cl)c(N)c(Cl)c1. The summed E-state index contributed by atoms with van der Waals surface area (Å²) in [6.45, 7) is 5.88. The first-order chi connectivity index (χ1) is 7.64. The van der Waals surface area contributed by atoms with E-state index in [4.69, 9.17) is 34.7 Å². The van der Waals surface area contributed by atoms with Crippen LogP contribution in [-0.4, -0.2) is 11.1 Å². The van der Waals surface area contributed by atoms with E-state index >= 15 is 0 Å². The lowest BCUT2D eigenvalue weighted by Gasteiger charge is -2.31. The third kappa shape index (κ3) is 3.26. The molecule has 0 saturated carbocycles. The summed E-state index contributed by atoms with van der Waals surface area (Å²) in [6, 6.07) is 2.77. The highest BCUT2D eigenvalue weighted by Crippen LogP contribution is 2.34. The molecule has 0 aliphatic carbocycles. The number of nitrogens with two attached hydrogens (primary N) is 2. The van der Waals surface area contributed by atoms with Gasteiger partial charge in [0.25, 0.3) is 0 Å². The number of hydrogen-bond acceptors (Lipinski definition) is 3. The molecule has 1 aromatic carbocycles. The molecule has 0 radical (unpaired) electrons. The van der Waals surface area contributed by atoms with Gasteiger partial charge in [0.15, 0.2) is 0 Å². The van der Waals surface area contributed by atoms with Crippen LogP contribution in [0.3, 0.4) is 0 Å². The molecule has 5 heteroatoms. The van der Waals surface area contributed by atoms with Crippen LogP contribution in [0.25, 0.3) is 0 Å². The third-order valence-corrected chi connectivity index (χ3v) is 3.41. The molecule has 0 aliphatic heterocycles. The highest BCUT2D eigenvalue weighted by atomic mass is 35.5. The summed E-state index contributed by atoms with van der Waals surface area (Å²) in [5.74, 6) is 0. The molecular weight excluding hydrogens is 259 g/mol. The molecule has 0 amide bonds. The van der Waals surface area contributed by atoms with E-state index in [1.165, 1.54) is 0 Å². The predicted octanol–water partition coefficient (Wildman–Crippen LogP) is 2.98. The van der Waals surface area contributed by atoms with Crippen LogP contribution in [0.15, 0.2) is 12.1 Å². The second-order valence-electron chi connectivity index (χ2n) is 5.23. The van der Waals surface area contributed by atoms with E-state index in [1.54, 1.807) is 12.1 Å². The molecule has 0 aromatic heterocycles. The molecule has 96 valence electrons. The molecule has 0 spiro atoms. The Hall–Kier alpha value is -0.480. The number of anilines is 1. The summed E-state index contributed by atoms with van der Waals surface area (Å²) < 4.78 is 0. The van der Waals surface area contributed by atoms with Crippen molar-refractivity contribution in [1.29, 1.82) is 0 Å². The van der Waals surface area contributed by atoms with E-state index < -0.39 is 12.1 Å². The number of nitrogen functional groups attached to an aromatic ring is 1. The number of aliphatic hydroxyl groups excluding tert-OH is 1. The molecule has 2 unspecified atom stereocenters. The lowest BCUT2D eigenvalue weighted by molar-refractivity contribution is 0.0926. The smallest absolute Gasteiger partial charge is 0.0947 e. The van der Waals surface area contributed by atoms with Gasteiger partial charge in [0.1, 0.15) is 0 Å². The molecule has 1 aromatic rings. The topological polar surface area (TPSA) is 72.3 Å². The van der Waals surface area contributed by atoms with Gasteiger partial charge in [0, 0.05) is 6.04 Å². The highest BCUT2D eigenvalue weighted by Gasteiger charge is 2.29. The highest BCUT2D eigenvalue weighted by molar-refractivity contribution is 6.38. The zero-order chi connectivity index (χ0) is 13.4. The Morgan fingerprint density at radius 1 is 1.18 bits per heavy atom. The average molecular weight is 277 g/mol. The monoisotopic (exact) mass is 276 g/mol. The molecule has 0 bridgehead atoms. The van der Waals surface area contributed by atoms with E-state index in [9.17, 15) is 5.11 Å². The Balaban J connectivity index is 3.09. The minimum atomic E-state index is -0.828. The van der Waals surface area contributed by atoms with Crippen molar-refractivity contribution in [2.75, 3.05) is 5.73 Å². The van der Waals surface area contributed by atoms with Crippen molar-refractivity contribution >= 4 is 28.9 Å². The van der Waals surface area contributed by atoms with Gasteiger partial charge < -0.3 is 16.6 Å². The average Bonchev–Trinajstić information content (AvgIpc) is 2.21. The fraction of sp³-hybridized carbons (Fsp3) is 0.500. The first kappa shape index (κ1) is 14.6. The summed E-state index contributed by atoms with van der Waals surface area (Å²) >= 11 is 11.8. The molecule has 2 atom stereocenters. The van der Waals surface area contributed by atoms with E-state index in [-0.39, 0.29) is 5.41 Å². The third-order valence-electron chi connectivity index (χ3n) is 2.78. The van der Waals surface area contributed by atoms with Crippen LogP contribution in [0, 0.1) is 5.41 Å². The molecule has 17 heavy (non-hydrogen) atoms.